The van der Waals surface area contributed by atoms with Gasteiger partial charge in [-0.3, -0.25) is 15.3 Å². The Kier molecular flexibility index (Phi) is 5.27. The first-order chi connectivity index (χ1) is 15.5. The fraction of sp³-hybridized carbons (Fsp3) is 0.320. The summed E-state index contributed by atoms with van der Waals surface area (Å²) in [4.78, 5) is 21.3. The first-order valence-electron chi connectivity index (χ1n) is 11.1. The third kappa shape index (κ3) is 3.91. The second-order valence-electron chi connectivity index (χ2n) is 8.82. The van der Waals surface area contributed by atoms with Gasteiger partial charge >= 0.3 is 6.03 Å². The first-order valence-corrected chi connectivity index (χ1v) is 11.1. The zero-order valence-corrected chi connectivity index (χ0v) is 18.3. The molecule has 164 valence electrons. The van der Waals surface area contributed by atoms with Gasteiger partial charge in [0.2, 0.25) is 0 Å². The Morgan fingerprint density at radius 1 is 1.28 bits per heavy atom. The van der Waals surface area contributed by atoms with E-state index in [1.165, 1.54) is 5.57 Å². The smallest absolute Gasteiger partial charge is 0.322 e. The van der Waals surface area contributed by atoms with Crippen LogP contribution in [0.4, 0.5) is 16.2 Å². The van der Waals surface area contributed by atoms with Gasteiger partial charge in [-0.05, 0) is 55.2 Å². The summed E-state index contributed by atoms with van der Waals surface area (Å²) in [5.41, 5.74) is 12.5. The van der Waals surface area contributed by atoms with Gasteiger partial charge in [-0.25, -0.2) is 4.79 Å². The molecule has 3 aliphatic rings. The van der Waals surface area contributed by atoms with Crippen LogP contribution >= 0.6 is 0 Å². The van der Waals surface area contributed by atoms with Gasteiger partial charge in [-0.2, -0.15) is 0 Å². The van der Waals surface area contributed by atoms with Crippen molar-refractivity contribution in [2.45, 2.75) is 32.4 Å². The molecule has 3 heterocycles. The molecule has 2 aliphatic heterocycles. The SMILES string of the molecule is Cc1cc(C(=N)c2cc3c(cc2N)NC(=O)N(C2CN(CC4=CCCC=C4)C2)C3)ccn1. The van der Waals surface area contributed by atoms with Crippen molar-refractivity contribution in [1.82, 2.24) is 14.8 Å². The number of rotatable bonds is 5. The van der Waals surface area contributed by atoms with Gasteiger partial charge in [0.15, 0.2) is 0 Å². The van der Waals surface area contributed by atoms with Gasteiger partial charge in [0, 0.05) is 60.6 Å². The standard InChI is InChI=1S/C25H28N6O/c1-16-9-18(7-8-28-16)24(27)21-10-19-13-31(25(32)29-23(19)11-22(21)26)20-14-30(15-20)12-17-5-3-2-4-6-17/h3,5-11,20,27H,2,4,12-15,26H2,1H3,(H,29,32). The third-order valence-corrected chi connectivity index (χ3v) is 6.43. The molecular formula is C25H28N6O. The van der Waals surface area contributed by atoms with E-state index in [1.54, 1.807) is 12.3 Å². The van der Waals surface area contributed by atoms with E-state index in [0.717, 1.165) is 55.0 Å². The molecule has 2 aromatic rings. The first kappa shape index (κ1) is 20.5. The number of anilines is 2. The van der Waals surface area contributed by atoms with Crippen LogP contribution in [-0.4, -0.2) is 52.2 Å². The minimum atomic E-state index is -0.0779. The maximum Gasteiger partial charge on any atom is 0.322 e. The lowest BCUT2D eigenvalue weighted by atomic mass is 9.96. The van der Waals surface area contributed by atoms with Crippen LogP contribution in [0.15, 0.2) is 54.3 Å². The number of nitrogens with zero attached hydrogens (tertiary/aromatic N) is 3. The Morgan fingerprint density at radius 2 is 2.12 bits per heavy atom. The molecule has 0 atom stereocenters. The summed E-state index contributed by atoms with van der Waals surface area (Å²) in [6, 6.07) is 7.54. The van der Waals surface area contributed by atoms with E-state index in [4.69, 9.17) is 11.1 Å². The van der Waals surface area contributed by atoms with Gasteiger partial charge < -0.3 is 16.0 Å². The number of amides is 2. The summed E-state index contributed by atoms with van der Waals surface area (Å²) in [7, 11) is 0. The van der Waals surface area contributed by atoms with E-state index in [2.05, 4.69) is 33.4 Å². The summed E-state index contributed by atoms with van der Waals surface area (Å²) >= 11 is 0. The van der Waals surface area contributed by atoms with E-state index in [0.29, 0.717) is 23.5 Å². The van der Waals surface area contributed by atoms with Crippen molar-refractivity contribution >= 4 is 23.1 Å². The molecule has 7 heteroatoms. The summed E-state index contributed by atoms with van der Waals surface area (Å²) in [6.45, 7) is 5.13. The van der Waals surface area contributed by atoms with Crippen molar-refractivity contribution in [1.29, 1.82) is 5.41 Å². The van der Waals surface area contributed by atoms with Crippen molar-refractivity contribution < 1.29 is 4.79 Å². The van der Waals surface area contributed by atoms with Crippen molar-refractivity contribution in [2.24, 2.45) is 0 Å². The third-order valence-electron chi connectivity index (χ3n) is 6.43. The number of carbonyl (C=O) groups excluding carboxylic acids is 1. The van der Waals surface area contributed by atoms with Gasteiger partial charge in [0.25, 0.3) is 0 Å². The average Bonchev–Trinajstić information content (AvgIpc) is 2.76. The molecule has 32 heavy (non-hydrogen) atoms. The van der Waals surface area contributed by atoms with E-state index >= 15 is 0 Å². The number of nitrogens with one attached hydrogen (secondary N) is 2. The van der Waals surface area contributed by atoms with E-state index in [-0.39, 0.29) is 12.1 Å². The van der Waals surface area contributed by atoms with E-state index < -0.39 is 0 Å². The zero-order chi connectivity index (χ0) is 22.2. The normalized spacial score (nSPS) is 18.6. The molecule has 4 N–H and O–H groups in total. The lowest BCUT2D eigenvalue weighted by Crippen LogP contribution is -2.62. The van der Waals surface area contributed by atoms with Crippen molar-refractivity contribution in [3.05, 3.63) is 76.6 Å². The molecular weight excluding hydrogens is 400 g/mol. The Labute approximate surface area is 188 Å². The number of fused-ring (bicyclic) bond motifs is 1. The van der Waals surface area contributed by atoms with Gasteiger partial charge in [0.1, 0.15) is 0 Å². The minimum Gasteiger partial charge on any atom is -0.398 e. The molecule has 2 amide bonds. The molecule has 5 rings (SSSR count). The number of carbonyl (C=O) groups is 1. The number of hydrogen-bond acceptors (Lipinski definition) is 5. The Hall–Kier alpha value is -3.45. The quantitative estimate of drug-likeness (QED) is 0.500. The van der Waals surface area contributed by atoms with Gasteiger partial charge in [-0.15, -0.1) is 0 Å². The van der Waals surface area contributed by atoms with Crippen LogP contribution < -0.4 is 11.1 Å². The molecule has 0 bridgehead atoms. The highest BCUT2D eigenvalue weighted by atomic mass is 16.2. The fourth-order valence-corrected chi connectivity index (χ4v) is 4.63. The van der Waals surface area contributed by atoms with Crippen LogP contribution in [0.3, 0.4) is 0 Å². The van der Waals surface area contributed by atoms with Crippen molar-refractivity contribution in [2.75, 3.05) is 30.7 Å². The largest absolute Gasteiger partial charge is 0.398 e. The molecule has 0 radical (unpaired) electrons. The van der Waals surface area contributed by atoms with E-state index in [1.807, 2.05) is 30.0 Å². The highest BCUT2D eigenvalue weighted by molar-refractivity contribution is 6.14. The monoisotopic (exact) mass is 428 g/mol. The Bertz CT molecular complexity index is 1150. The number of nitrogen functional groups attached to an aromatic ring is 1. The molecule has 1 aromatic carbocycles. The second-order valence-corrected chi connectivity index (χ2v) is 8.82. The predicted octanol–water partition coefficient (Wildman–Crippen LogP) is 3.70. The number of nitrogens with two attached hydrogens (primary N) is 1. The van der Waals surface area contributed by atoms with Gasteiger partial charge in [0.05, 0.1) is 11.8 Å². The predicted molar refractivity (Wildman–Crippen MR) is 127 cm³/mol. The number of hydrogen-bond donors (Lipinski definition) is 3. The highest BCUT2D eigenvalue weighted by Gasteiger charge is 2.37. The number of benzene rings is 1. The lowest BCUT2D eigenvalue weighted by Gasteiger charge is -2.47. The van der Waals surface area contributed by atoms with Crippen LogP contribution in [0.5, 0.6) is 0 Å². The average molecular weight is 429 g/mol. The maximum atomic E-state index is 12.8. The zero-order valence-electron chi connectivity index (χ0n) is 18.3. The summed E-state index contributed by atoms with van der Waals surface area (Å²) in [5.74, 6) is 0. The fourth-order valence-electron chi connectivity index (χ4n) is 4.63. The number of likely N-dealkylation sites (tertiary alicyclic amines) is 1. The number of allylic oxidation sites excluding steroid dienone is 2. The van der Waals surface area contributed by atoms with Crippen LogP contribution in [0.1, 0.15) is 35.2 Å². The molecule has 0 saturated carbocycles. The lowest BCUT2D eigenvalue weighted by molar-refractivity contribution is 0.0601. The van der Waals surface area contributed by atoms with Crippen LogP contribution in [0, 0.1) is 12.3 Å². The van der Waals surface area contributed by atoms with Crippen molar-refractivity contribution in [3.63, 3.8) is 0 Å². The molecule has 1 fully saturated rings. The topological polar surface area (TPSA) is 98.3 Å². The number of aryl methyl sites for hydroxylation is 1. The second kappa shape index (κ2) is 8.24. The molecule has 1 aromatic heterocycles. The maximum absolute atomic E-state index is 12.8. The number of urea groups is 1. The van der Waals surface area contributed by atoms with Crippen molar-refractivity contribution in [3.8, 4) is 0 Å². The Balaban J connectivity index is 1.31. The molecule has 1 aliphatic carbocycles. The van der Waals surface area contributed by atoms with Crippen LogP contribution in [-0.2, 0) is 6.54 Å². The number of aromatic nitrogens is 1. The molecule has 0 unspecified atom stereocenters. The number of pyridine rings is 1. The van der Waals surface area contributed by atoms with Crippen LogP contribution in [0.2, 0.25) is 0 Å². The molecule has 7 nitrogen and oxygen atoms in total. The summed E-state index contributed by atoms with van der Waals surface area (Å²) < 4.78 is 0. The summed E-state index contributed by atoms with van der Waals surface area (Å²) in [5, 5.41) is 11.7. The van der Waals surface area contributed by atoms with Crippen LogP contribution in [0.25, 0.3) is 0 Å². The highest BCUT2D eigenvalue weighted by Crippen LogP contribution is 2.32. The summed E-state index contributed by atoms with van der Waals surface area (Å²) in [6.07, 6.45) is 10.7. The minimum absolute atomic E-state index is 0.0779. The van der Waals surface area contributed by atoms with E-state index in [9.17, 15) is 4.79 Å². The molecule has 0 spiro atoms. The van der Waals surface area contributed by atoms with Gasteiger partial charge in [-0.1, -0.05) is 18.2 Å². The molecule has 1 saturated heterocycles. The Morgan fingerprint density at radius 3 is 2.88 bits per heavy atom.